The van der Waals surface area contributed by atoms with Gasteiger partial charge in [-0.2, -0.15) is 0 Å². The van der Waals surface area contributed by atoms with Gasteiger partial charge in [0.1, 0.15) is 0 Å². The van der Waals surface area contributed by atoms with Crippen LogP contribution in [-0.2, 0) is 0 Å². The predicted octanol–water partition coefficient (Wildman–Crippen LogP) is 1.60. The topological polar surface area (TPSA) is 51.3 Å². The number of aromatic nitrogens is 1. The highest BCUT2D eigenvalue weighted by atomic mass is 32.2. The molecule has 0 amide bonds. The SMILES string of the molecule is NC1=N[C@@H](CSc2ccncc2)CS1. The minimum absolute atomic E-state index is 0.373. The Bertz CT molecular complexity index is 326. The van der Waals surface area contributed by atoms with Crippen LogP contribution in [0.3, 0.4) is 0 Å². The van der Waals surface area contributed by atoms with Gasteiger partial charge in [-0.1, -0.05) is 11.8 Å². The fourth-order valence-corrected chi connectivity index (χ4v) is 2.97. The molecule has 0 bridgehead atoms. The Balaban J connectivity index is 1.84. The van der Waals surface area contributed by atoms with E-state index in [0.29, 0.717) is 6.04 Å². The van der Waals surface area contributed by atoms with Crippen LogP contribution in [0.4, 0.5) is 0 Å². The fourth-order valence-electron chi connectivity index (χ4n) is 1.15. The molecule has 74 valence electrons. The van der Waals surface area contributed by atoms with Gasteiger partial charge in [-0.05, 0) is 12.1 Å². The van der Waals surface area contributed by atoms with Crippen LogP contribution in [0, 0.1) is 0 Å². The van der Waals surface area contributed by atoms with Gasteiger partial charge in [-0.15, -0.1) is 11.8 Å². The first-order valence-corrected chi connectivity index (χ1v) is 6.30. The molecule has 0 aliphatic carbocycles. The summed E-state index contributed by atoms with van der Waals surface area (Å²) in [6.07, 6.45) is 3.62. The normalized spacial score (nSPS) is 20.9. The second kappa shape index (κ2) is 4.70. The molecule has 1 aliphatic rings. The summed E-state index contributed by atoms with van der Waals surface area (Å²) in [7, 11) is 0. The van der Waals surface area contributed by atoms with Crippen molar-refractivity contribution in [3.63, 3.8) is 0 Å². The largest absolute Gasteiger partial charge is 0.379 e. The molecule has 14 heavy (non-hydrogen) atoms. The zero-order valence-electron chi connectivity index (χ0n) is 7.59. The Hall–Kier alpha value is -0.680. The molecule has 0 unspecified atom stereocenters. The minimum Gasteiger partial charge on any atom is -0.379 e. The van der Waals surface area contributed by atoms with Gasteiger partial charge in [-0.25, -0.2) is 0 Å². The van der Waals surface area contributed by atoms with E-state index in [4.69, 9.17) is 5.73 Å². The van der Waals surface area contributed by atoms with Gasteiger partial charge >= 0.3 is 0 Å². The first kappa shape index (κ1) is 9.86. The molecule has 0 aromatic carbocycles. The number of nitrogens with two attached hydrogens (primary N) is 1. The summed E-state index contributed by atoms with van der Waals surface area (Å²) in [6, 6.07) is 4.40. The van der Waals surface area contributed by atoms with Crippen molar-refractivity contribution in [2.24, 2.45) is 10.7 Å². The highest BCUT2D eigenvalue weighted by Gasteiger charge is 2.15. The average molecular weight is 225 g/mol. The first-order valence-electron chi connectivity index (χ1n) is 4.33. The van der Waals surface area contributed by atoms with Gasteiger partial charge in [0.2, 0.25) is 0 Å². The number of thioether (sulfide) groups is 2. The van der Waals surface area contributed by atoms with Crippen molar-refractivity contribution in [2.75, 3.05) is 11.5 Å². The third-order valence-electron chi connectivity index (χ3n) is 1.83. The number of hydrogen-bond acceptors (Lipinski definition) is 5. The number of hydrogen-bond donors (Lipinski definition) is 1. The monoisotopic (exact) mass is 225 g/mol. The lowest BCUT2D eigenvalue weighted by Crippen LogP contribution is -2.07. The lowest BCUT2D eigenvalue weighted by atomic mass is 10.4. The maximum Gasteiger partial charge on any atom is 0.154 e. The quantitative estimate of drug-likeness (QED) is 0.794. The van der Waals surface area contributed by atoms with Crippen molar-refractivity contribution in [1.82, 2.24) is 4.98 Å². The van der Waals surface area contributed by atoms with Crippen LogP contribution in [0.2, 0.25) is 0 Å². The molecule has 2 rings (SSSR count). The smallest absolute Gasteiger partial charge is 0.154 e. The molecule has 1 atom stereocenters. The van der Waals surface area contributed by atoms with E-state index >= 15 is 0 Å². The molecule has 1 aliphatic heterocycles. The zero-order chi connectivity index (χ0) is 9.80. The fraction of sp³-hybridized carbons (Fsp3) is 0.333. The minimum atomic E-state index is 0.373. The predicted molar refractivity (Wildman–Crippen MR) is 62.8 cm³/mol. The Labute approximate surface area is 91.6 Å². The lowest BCUT2D eigenvalue weighted by molar-refractivity contribution is 0.877. The van der Waals surface area contributed by atoms with Crippen LogP contribution in [0.25, 0.3) is 0 Å². The van der Waals surface area contributed by atoms with Gasteiger partial charge < -0.3 is 5.73 Å². The molecule has 0 saturated carbocycles. The molecule has 0 saturated heterocycles. The summed E-state index contributed by atoms with van der Waals surface area (Å²) < 4.78 is 0. The van der Waals surface area contributed by atoms with Crippen LogP contribution >= 0.6 is 23.5 Å². The number of aliphatic imine (C=N–C) groups is 1. The standard InChI is InChI=1S/C9H11N3S2/c10-9-12-7(6-14-9)5-13-8-1-3-11-4-2-8/h1-4,7H,5-6H2,(H2,10,12)/t7-/m0/s1. The van der Waals surface area contributed by atoms with Crippen LogP contribution in [0.15, 0.2) is 34.4 Å². The Kier molecular flexibility index (Phi) is 3.31. The maximum absolute atomic E-state index is 5.59. The number of rotatable bonds is 3. The van der Waals surface area contributed by atoms with E-state index in [1.807, 2.05) is 24.5 Å². The van der Waals surface area contributed by atoms with Gasteiger partial charge in [0.15, 0.2) is 5.17 Å². The van der Waals surface area contributed by atoms with Gasteiger partial charge in [0, 0.05) is 28.8 Å². The van der Waals surface area contributed by atoms with E-state index in [-0.39, 0.29) is 0 Å². The lowest BCUT2D eigenvalue weighted by Gasteiger charge is -2.04. The maximum atomic E-state index is 5.59. The molecule has 0 spiro atoms. The molecular weight excluding hydrogens is 214 g/mol. The van der Waals surface area contributed by atoms with Gasteiger partial charge in [-0.3, -0.25) is 9.98 Å². The Morgan fingerprint density at radius 1 is 1.50 bits per heavy atom. The highest BCUT2D eigenvalue weighted by molar-refractivity contribution is 8.14. The van der Waals surface area contributed by atoms with E-state index in [1.165, 1.54) is 4.90 Å². The molecule has 1 aromatic heterocycles. The van der Waals surface area contributed by atoms with E-state index in [2.05, 4.69) is 9.98 Å². The molecule has 3 nitrogen and oxygen atoms in total. The second-order valence-electron chi connectivity index (χ2n) is 2.93. The van der Waals surface area contributed by atoms with Gasteiger partial charge in [0.25, 0.3) is 0 Å². The molecule has 2 heterocycles. The summed E-state index contributed by atoms with van der Waals surface area (Å²) in [4.78, 5) is 9.54. The molecule has 1 aromatic rings. The molecule has 2 N–H and O–H groups in total. The van der Waals surface area contributed by atoms with Crippen molar-refractivity contribution in [3.05, 3.63) is 24.5 Å². The van der Waals surface area contributed by atoms with E-state index in [9.17, 15) is 0 Å². The van der Waals surface area contributed by atoms with Crippen LogP contribution in [-0.4, -0.2) is 27.7 Å². The Morgan fingerprint density at radius 2 is 2.29 bits per heavy atom. The third kappa shape index (κ3) is 2.65. The van der Waals surface area contributed by atoms with Crippen molar-refractivity contribution in [3.8, 4) is 0 Å². The second-order valence-corrected chi connectivity index (χ2v) is 5.06. The van der Waals surface area contributed by atoms with Crippen molar-refractivity contribution < 1.29 is 0 Å². The average Bonchev–Trinajstić information content (AvgIpc) is 2.63. The summed E-state index contributed by atoms with van der Waals surface area (Å²) in [6.45, 7) is 0. The van der Waals surface area contributed by atoms with Crippen molar-refractivity contribution in [1.29, 1.82) is 0 Å². The van der Waals surface area contributed by atoms with Crippen molar-refractivity contribution >= 4 is 28.7 Å². The summed E-state index contributed by atoms with van der Waals surface area (Å²) in [5, 5.41) is 0.727. The summed E-state index contributed by atoms with van der Waals surface area (Å²) in [5.41, 5.74) is 5.59. The zero-order valence-corrected chi connectivity index (χ0v) is 9.22. The summed E-state index contributed by atoms with van der Waals surface area (Å²) >= 11 is 3.45. The van der Waals surface area contributed by atoms with E-state index in [0.717, 1.165) is 16.7 Å². The van der Waals surface area contributed by atoms with Crippen LogP contribution in [0.1, 0.15) is 0 Å². The Morgan fingerprint density at radius 3 is 2.93 bits per heavy atom. The van der Waals surface area contributed by atoms with E-state index < -0.39 is 0 Å². The molecular formula is C9H11N3S2. The number of amidine groups is 1. The van der Waals surface area contributed by atoms with Crippen LogP contribution < -0.4 is 5.73 Å². The van der Waals surface area contributed by atoms with Crippen LogP contribution in [0.5, 0.6) is 0 Å². The number of pyridine rings is 1. The molecule has 5 heteroatoms. The number of nitrogens with zero attached hydrogens (tertiary/aromatic N) is 2. The molecule has 0 fully saturated rings. The van der Waals surface area contributed by atoms with Gasteiger partial charge in [0.05, 0.1) is 6.04 Å². The van der Waals surface area contributed by atoms with E-state index in [1.54, 1.807) is 23.5 Å². The molecule has 0 radical (unpaired) electrons. The first-order chi connectivity index (χ1) is 6.84. The van der Waals surface area contributed by atoms with Crippen molar-refractivity contribution in [2.45, 2.75) is 10.9 Å². The highest BCUT2D eigenvalue weighted by Crippen LogP contribution is 2.23. The summed E-state index contributed by atoms with van der Waals surface area (Å²) in [5.74, 6) is 2.02. The third-order valence-corrected chi connectivity index (χ3v) is 3.94.